The Balaban J connectivity index is 2.82. The number of halogens is 1. The number of nitrogens with one attached hydrogen (secondary N) is 2. The molecule has 1 aromatic rings. The molecule has 3 nitrogen and oxygen atoms in total. The van der Waals surface area contributed by atoms with Crippen molar-refractivity contribution in [3.63, 3.8) is 0 Å². The third kappa shape index (κ3) is 2.87. The van der Waals surface area contributed by atoms with Gasteiger partial charge in [-0.05, 0) is 47.2 Å². The van der Waals surface area contributed by atoms with Crippen LogP contribution in [0.15, 0.2) is 23.2 Å². The number of guanidine groups is 1. The normalized spacial score (nSPS) is 11.3. The molecule has 14 heavy (non-hydrogen) atoms. The second kappa shape index (κ2) is 5.19. The highest BCUT2D eigenvalue weighted by Crippen LogP contribution is 2.16. The number of benzene rings is 1. The summed E-state index contributed by atoms with van der Waals surface area (Å²) in [6.07, 6.45) is 0. The number of aliphatic imine (C=N–C) groups is 1. The smallest absolute Gasteiger partial charge is 0.195 e. The Hall–Kier alpha value is -0.780. The first-order chi connectivity index (χ1) is 6.67. The van der Waals surface area contributed by atoms with Gasteiger partial charge in [0.25, 0.3) is 0 Å². The molecule has 0 heterocycles. The SMILES string of the molecule is CN=C(NC)Nc1ccc(C)c(I)c1. The molecule has 0 atom stereocenters. The van der Waals surface area contributed by atoms with Gasteiger partial charge < -0.3 is 10.6 Å². The van der Waals surface area contributed by atoms with Crippen LogP contribution in [0.3, 0.4) is 0 Å². The van der Waals surface area contributed by atoms with Crippen molar-refractivity contribution >= 4 is 34.2 Å². The van der Waals surface area contributed by atoms with Crippen LogP contribution in [0.1, 0.15) is 5.56 Å². The first-order valence-electron chi connectivity index (χ1n) is 4.35. The predicted molar refractivity (Wildman–Crippen MR) is 69.9 cm³/mol. The number of nitrogens with zero attached hydrogens (tertiary/aromatic N) is 1. The van der Waals surface area contributed by atoms with Gasteiger partial charge in [0, 0.05) is 23.4 Å². The lowest BCUT2D eigenvalue weighted by Crippen LogP contribution is -2.26. The molecular formula is C10H14IN3. The minimum atomic E-state index is 0.768. The summed E-state index contributed by atoms with van der Waals surface area (Å²) in [5.74, 6) is 0.768. The van der Waals surface area contributed by atoms with Crippen molar-refractivity contribution in [2.24, 2.45) is 4.99 Å². The molecule has 0 aromatic heterocycles. The number of aryl methyl sites for hydroxylation is 1. The first kappa shape index (κ1) is 11.3. The third-order valence-electron chi connectivity index (χ3n) is 1.89. The van der Waals surface area contributed by atoms with E-state index >= 15 is 0 Å². The molecule has 76 valence electrons. The average Bonchev–Trinajstić information content (AvgIpc) is 2.19. The highest BCUT2D eigenvalue weighted by molar-refractivity contribution is 14.1. The standard InChI is InChI=1S/C10H14IN3/c1-7-4-5-8(6-9(7)11)14-10(12-2)13-3/h4-6H,1-3H3,(H2,12,13,14). The fourth-order valence-electron chi connectivity index (χ4n) is 1.04. The molecule has 0 amide bonds. The highest BCUT2D eigenvalue weighted by atomic mass is 127. The van der Waals surface area contributed by atoms with Gasteiger partial charge in [-0.15, -0.1) is 0 Å². The second-order valence-corrected chi connectivity index (χ2v) is 4.07. The Labute approximate surface area is 98.1 Å². The molecule has 0 saturated heterocycles. The van der Waals surface area contributed by atoms with Gasteiger partial charge in [0.2, 0.25) is 0 Å². The summed E-state index contributed by atoms with van der Waals surface area (Å²) < 4.78 is 1.25. The predicted octanol–water partition coefficient (Wildman–Crippen LogP) is 2.22. The fraction of sp³-hybridized carbons (Fsp3) is 0.300. The number of anilines is 1. The van der Waals surface area contributed by atoms with Crippen molar-refractivity contribution in [2.45, 2.75) is 6.92 Å². The van der Waals surface area contributed by atoms with Crippen LogP contribution in [0, 0.1) is 10.5 Å². The summed E-state index contributed by atoms with van der Waals surface area (Å²) in [4.78, 5) is 4.05. The van der Waals surface area contributed by atoms with E-state index < -0.39 is 0 Å². The van der Waals surface area contributed by atoms with Crippen LogP contribution in [0.5, 0.6) is 0 Å². The van der Waals surface area contributed by atoms with E-state index in [4.69, 9.17) is 0 Å². The Bertz CT molecular complexity index is 347. The van der Waals surface area contributed by atoms with E-state index in [1.165, 1.54) is 9.13 Å². The van der Waals surface area contributed by atoms with E-state index in [1.807, 2.05) is 13.1 Å². The third-order valence-corrected chi connectivity index (χ3v) is 3.06. The highest BCUT2D eigenvalue weighted by Gasteiger charge is 1.98. The minimum absolute atomic E-state index is 0.768. The van der Waals surface area contributed by atoms with Crippen LogP contribution in [0.4, 0.5) is 5.69 Å². The molecule has 0 radical (unpaired) electrons. The Morgan fingerprint density at radius 3 is 2.64 bits per heavy atom. The minimum Gasteiger partial charge on any atom is -0.359 e. The maximum atomic E-state index is 4.05. The van der Waals surface area contributed by atoms with Crippen molar-refractivity contribution in [1.82, 2.24) is 5.32 Å². The Morgan fingerprint density at radius 1 is 1.43 bits per heavy atom. The zero-order valence-corrected chi connectivity index (χ0v) is 10.7. The molecule has 0 bridgehead atoms. The summed E-state index contributed by atoms with van der Waals surface area (Å²) in [7, 11) is 3.59. The van der Waals surface area contributed by atoms with Gasteiger partial charge in [-0.1, -0.05) is 6.07 Å². The monoisotopic (exact) mass is 303 g/mol. The van der Waals surface area contributed by atoms with Crippen LogP contribution in [0.2, 0.25) is 0 Å². The maximum Gasteiger partial charge on any atom is 0.195 e. The van der Waals surface area contributed by atoms with Crippen molar-refractivity contribution in [3.8, 4) is 0 Å². The van der Waals surface area contributed by atoms with Gasteiger partial charge in [0.15, 0.2) is 5.96 Å². The summed E-state index contributed by atoms with van der Waals surface area (Å²) in [5, 5.41) is 6.15. The van der Waals surface area contributed by atoms with Gasteiger partial charge in [-0.2, -0.15) is 0 Å². The van der Waals surface area contributed by atoms with Gasteiger partial charge in [0.1, 0.15) is 0 Å². The van der Waals surface area contributed by atoms with Gasteiger partial charge >= 0.3 is 0 Å². The zero-order chi connectivity index (χ0) is 10.6. The fourth-order valence-corrected chi connectivity index (χ4v) is 1.55. The molecule has 0 unspecified atom stereocenters. The molecule has 0 aliphatic heterocycles. The number of hydrogen-bond acceptors (Lipinski definition) is 1. The largest absolute Gasteiger partial charge is 0.359 e. The Kier molecular flexibility index (Phi) is 4.19. The van der Waals surface area contributed by atoms with Crippen LogP contribution in [0.25, 0.3) is 0 Å². The quantitative estimate of drug-likeness (QED) is 0.474. The Morgan fingerprint density at radius 2 is 2.14 bits per heavy atom. The van der Waals surface area contributed by atoms with Crippen molar-refractivity contribution in [2.75, 3.05) is 19.4 Å². The van der Waals surface area contributed by atoms with Crippen LogP contribution in [-0.4, -0.2) is 20.1 Å². The zero-order valence-electron chi connectivity index (χ0n) is 8.56. The lowest BCUT2D eigenvalue weighted by molar-refractivity contribution is 1.14. The summed E-state index contributed by atoms with van der Waals surface area (Å²) >= 11 is 2.32. The van der Waals surface area contributed by atoms with E-state index in [1.54, 1.807) is 7.05 Å². The summed E-state index contributed by atoms with van der Waals surface area (Å²) in [5.41, 5.74) is 2.34. The summed E-state index contributed by atoms with van der Waals surface area (Å²) in [6.45, 7) is 2.10. The van der Waals surface area contributed by atoms with E-state index in [0.717, 1.165) is 11.6 Å². The molecular weight excluding hydrogens is 289 g/mol. The molecule has 1 aromatic carbocycles. The molecule has 4 heteroatoms. The lowest BCUT2D eigenvalue weighted by atomic mass is 10.2. The van der Waals surface area contributed by atoms with Gasteiger partial charge in [0.05, 0.1) is 0 Å². The average molecular weight is 303 g/mol. The van der Waals surface area contributed by atoms with E-state index in [0.29, 0.717) is 0 Å². The van der Waals surface area contributed by atoms with E-state index in [2.05, 4.69) is 57.3 Å². The summed E-state index contributed by atoms with van der Waals surface area (Å²) in [6, 6.07) is 6.23. The van der Waals surface area contributed by atoms with Crippen molar-refractivity contribution in [3.05, 3.63) is 27.3 Å². The molecule has 0 aliphatic rings. The molecule has 1 rings (SSSR count). The lowest BCUT2D eigenvalue weighted by Gasteiger charge is -2.09. The van der Waals surface area contributed by atoms with Crippen LogP contribution < -0.4 is 10.6 Å². The molecule has 0 spiro atoms. The van der Waals surface area contributed by atoms with Crippen LogP contribution in [-0.2, 0) is 0 Å². The molecule has 2 N–H and O–H groups in total. The van der Waals surface area contributed by atoms with Crippen LogP contribution >= 0.6 is 22.6 Å². The number of hydrogen-bond donors (Lipinski definition) is 2. The maximum absolute atomic E-state index is 4.05. The molecule has 0 saturated carbocycles. The van der Waals surface area contributed by atoms with E-state index in [9.17, 15) is 0 Å². The van der Waals surface area contributed by atoms with Gasteiger partial charge in [-0.25, -0.2) is 0 Å². The van der Waals surface area contributed by atoms with Crippen molar-refractivity contribution < 1.29 is 0 Å². The molecule has 0 aliphatic carbocycles. The topological polar surface area (TPSA) is 36.4 Å². The molecule has 0 fully saturated rings. The van der Waals surface area contributed by atoms with Crippen molar-refractivity contribution in [1.29, 1.82) is 0 Å². The van der Waals surface area contributed by atoms with Gasteiger partial charge in [-0.3, -0.25) is 4.99 Å². The first-order valence-corrected chi connectivity index (χ1v) is 5.43. The second-order valence-electron chi connectivity index (χ2n) is 2.91. The van der Waals surface area contributed by atoms with E-state index in [-0.39, 0.29) is 0 Å². The number of rotatable bonds is 1.